The van der Waals surface area contributed by atoms with Gasteiger partial charge in [0, 0.05) is 18.1 Å². The van der Waals surface area contributed by atoms with E-state index in [9.17, 15) is 0 Å². The van der Waals surface area contributed by atoms with Crippen LogP contribution in [0.4, 0.5) is 5.69 Å². The first-order valence-electron chi connectivity index (χ1n) is 7.82. The van der Waals surface area contributed by atoms with Crippen LogP contribution in [0, 0.1) is 0 Å². The Morgan fingerprint density at radius 3 is 2.79 bits per heavy atom. The first-order chi connectivity index (χ1) is 11.5. The molecule has 0 amide bonds. The summed E-state index contributed by atoms with van der Waals surface area (Å²) in [5, 5.41) is 7.10. The Kier molecular flexibility index (Phi) is 4.57. The summed E-state index contributed by atoms with van der Waals surface area (Å²) in [7, 11) is 1.59. The van der Waals surface area contributed by atoms with E-state index in [2.05, 4.69) is 35.5 Å². The second kappa shape index (κ2) is 6.65. The monoisotopic (exact) mass is 343 g/mol. The summed E-state index contributed by atoms with van der Waals surface area (Å²) in [5.74, 6) is 1.47. The maximum absolute atomic E-state index is 6.05. The van der Waals surface area contributed by atoms with Crippen molar-refractivity contribution in [1.29, 1.82) is 0 Å². The molecule has 1 aromatic heterocycles. The molecule has 0 aliphatic carbocycles. The number of hydrogen-bond donors (Lipinski definition) is 2. The molecular weight excluding hydrogens is 322 g/mol. The summed E-state index contributed by atoms with van der Waals surface area (Å²) in [6, 6.07) is 11.8. The van der Waals surface area contributed by atoms with E-state index in [4.69, 9.17) is 21.7 Å². The SMILES string of the molecule is COc1ccc(NC(=S)NC2CC(C)(C)Oc3ccccc32)cn1. The predicted octanol–water partition coefficient (Wildman–Crippen LogP) is 3.68. The smallest absolute Gasteiger partial charge is 0.213 e. The van der Waals surface area contributed by atoms with Crippen LogP contribution in [0.25, 0.3) is 0 Å². The molecule has 0 radical (unpaired) electrons. The van der Waals surface area contributed by atoms with Crippen LogP contribution < -0.4 is 20.1 Å². The summed E-state index contributed by atoms with van der Waals surface area (Å²) in [6.07, 6.45) is 2.52. The van der Waals surface area contributed by atoms with Gasteiger partial charge in [0.05, 0.1) is 25.0 Å². The van der Waals surface area contributed by atoms with Gasteiger partial charge in [0.1, 0.15) is 11.4 Å². The first kappa shape index (κ1) is 16.5. The molecule has 2 heterocycles. The Morgan fingerprint density at radius 1 is 1.29 bits per heavy atom. The van der Waals surface area contributed by atoms with Gasteiger partial charge in [-0.3, -0.25) is 0 Å². The lowest BCUT2D eigenvalue weighted by Gasteiger charge is -2.38. The Labute approximate surface area is 147 Å². The first-order valence-corrected chi connectivity index (χ1v) is 8.23. The zero-order valence-corrected chi connectivity index (χ0v) is 14.8. The Hall–Kier alpha value is -2.34. The Bertz CT molecular complexity index is 731. The number of ether oxygens (including phenoxy) is 2. The molecule has 0 saturated heterocycles. The summed E-state index contributed by atoms with van der Waals surface area (Å²) in [5.41, 5.74) is 1.69. The number of fused-ring (bicyclic) bond motifs is 1. The molecule has 6 heteroatoms. The maximum atomic E-state index is 6.05. The van der Waals surface area contributed by atoms with Gasteiger partial charge < -0.3 is 20.1 Å². The van der Waals surface area contributed by atoms with Gasteiger partial charge >= 0.3 is 0 Å². The molecule has 3 rings (SSSR count). The molecular formula is C18H21N3O2S. The van der Waals surface area contributed by atoms with E-state index < -0.39 is 0 Å². The summed E-state index contributed by atoms with van der Waals surface area (Å²) >= 11 is 5.46. The van der Waals surface area contributed by atoms with Crippen LogP contribution in [0.2, 0.25) is 0 Å². The van der Waals surface area contributed by atoms with Crippen LogP contribution in [0.15, 0.2) is 42.6 Å². The van der Waals surface area contributed by atoms with E-state index in [1.807, 2.05) is 24.3 Å². The molecule has 24 heavy (non-hydrogen) atoms. The minimum atomic E-state index is -0.247. The summed E-state index contributed by atoms with van der Waals surface area (Å²) < 4.78 is 11.1. The lowest BCUT2D eigenvalue weighted by molar-refractivity contribution is 0.0697. The van der Waals surface area contributed by atoms with Gasteiger partial charge in [0.25, 0.3) is 0 Å². The van der Waals surface area contributed by atoms with Crippen LogP contribution in [0.1, 0.15) is 31.9 Å². The number of rotatable bonds is 3. The molecule has 1 atom stereocenters. The molecule has 2 aromatic rings. The minimum Gasteiger partial charge on any atom is -0.487 e. The number of para-hydroxylation sites is 1. The van der Waals surface area contributed by atoms with Crippen molar-refractivity contribution in [3.63, 3.8) is 0 Å². The molecule has 1 aliphatic rings. The normalized spacial score (nSPS) is 18.0. The third-order valence-electron chi connectivity index (χ3n) is 3.89. The Balaban J connectivity index is 1.71. The van der Waals surface area contributed by atoms with Gasteiger partial charge in [-0.15, -0.1) is 0 Å². The molecule has 2 N–H and O–H groups in total. The van der Waals surface area contributed by atoms with Crippen LogP contribution in [-0.4, -0.2) is 22.8 Å². The molecule has 0 bridgehead atoms. The van der Waals surface area contributed by atoms with Crippen molar-refractivity contribution in [3.05, 3.63) is 48.2 Å². The third kappa shape index (κ3) is 3.76. The number of benzene rings is 1. The summed E-state index contributed by atoms with van der Waals surface area (Å²) in [6.45, 7) is 4.17. The van der Waals surface area contributed by atoms with E-state index in [0.717, 1.165) is 23.4 Å². The van der Waals surface area contributed by atoms with Crippen molar-refractivity contribution in [2.45, 2.75) is 31.9 Å². The van der Waals surface area contributed by atoms with Gasteiger partial charge in [-0.05, 0) is 38.2 Å². The number of aromatic nitrogens is 1. The summed E-state index contributed by atoms with van der Waals surface area (Å²) in [4.78, 5) is 4.16. The number of anilines is 1. The molecule has 5 nitrogen and oxygen atoms in total. The van der Waals surface area contributed by atoms with Gasteiger partial charge in [0.2, 0.25) is 5.88 Å². The van der Waals surface area contributed by atoms with Gasteiger partial charge in [-0.2, -0.15) is 0 Å². The fourth-order valence-corrected chi connectivity index (χ4v) is 3.09. The number of nitrogens with one attached hydrogen (secondary N) is 2. The predicted molar refractivity (Wildman–Crippen MR) is 98.7 cm³/mol. The number of pyridine rings is 1. The fourth-order valence-electron chi connectivity index (χ4n) is 2.83. The van der Waals surface area contributed by atoms with Crippen molar-refractivity contribution in [2.24, 2.45) is 0 Å². The number of thiocarbonyl (C=S) groups is 1. The number of hydrogen-bond acceptors (Lipinski definition) is 4. The lowest BCUT2D eigenvalue weighted by Crippen LogP contribution is -2.42. The van der Waals surface area contributed by atoms with E-state index in [1.54, 1.807) is 19.4 Å². The van der Waals surface area contributed by atoms with Gasteiger partial charge in [-0.1, -0.05) is 18.2 Å². The quantitative estimate of drug-likeness (QED) is 0.829. The highest BCUT2D eigenvalue weighted by Crippen LogP contribution is 2.39. The van der Waals surface area contributed by atoms with Crippen LogP contribution >= 0.6 is 12.2 Å². The van der Waals surface area contributed by atoms with E-state index >= 15 is 0 Å². The van der Waals surface area contributed by atoms with Crippen LogP contribution in [-0.2, 0) is 0 Å². The largest absolute Gasteiger partial charge is 0.487 e. The van der Waals surface area contributed by atoms with E-state index in [0.29, 0.717) is 11.0 Å². The lowest BCUT2D eigenvalue weighted by atomic mass is 9.90. The molecule has 1 aliphatic heterocycles. The highest BCUT2D eigenvalue weighted by molar-refractivity contribution is 7.80. The highest BCUT2D eigenvalue weighted by atomic mass is 32.1. The van der Waals surface area contributed by atoms with E-state index in [-0.39, 0.29) is 11.6 Å². The van der Waals surface area contributed by atoms with Crippen molar-refractivity contribution in [1.82, 2.24) is 10.3 Å². The molecule has 0 saturated carbocycles. The Morgan fingerprint density at radius 2 is 2.08 bits per heavy atom. The second-order valence-corrected chi connectivity index (χ2v) is 6.75. The maximum Gasteiger partial charge on any atom is 0.213 e. The third-order valence-corrected chi connectivity index (χ3v) is 4.10. The van der Waals surface area contributed by atoms with Crippen molar-refractivity contribution in [3.8, 4) is 11.6 Å². The highest BCUT2D eigenvalue weighted by Gasteiger charge is 2.33. The van der Waals surface area contributed by atoms with Crippen molar-refractivity contribution >= 4 is 23.0 Å². The average Bonchev–Trinajstić information content (AvgIpc) is 2.54. The van der Waals surface area contributed by atoms with Gasteiger partial charge in [0.15, 0.2) is 5.11 Å². The topological polar surface area (TPSA) is 55.4 Å². The second-order valence-electron chi connectivity index (χ2n) is 6.34. The van der Waals surface area contributed by atoms with Crippen LogP contribution in [0.5, 0.6) is 11.6 Å². The van der Waals surface area contributed by atoms with Crippen molar-refractivity contribution < 1.29 is 9.47 Å². The fraction of sp³-hybridized carbons (Fsp3) is 0.333. The zero-order chi connectivity index (χ0) is 17.2. The van der Waals surface area contributed by atoms with E-state index in [1.165, 1.54) is 0 Å². The number of nitrogens with zero attached hydrogens (tertiary/aromatic N) is 1. The molecule has 1 aromatic carbocycles. The molecule has 1 unspecified atom stereocenters. The number of methoxy groups -OCH3 is 1. The minimum absolute atomic E-state index is 0.0937. The zero-order valence-electron chi connectivity index (χ0n) is 14.0. The molecule has 0 fully saturated rings. The van der Waals surface area contributed by atoms with Crippen molar-refractivity contribution in [2.75, 3.05) is 12.4 Å². The average molecular weight is 343 g/mol. The van der Waals surface area contributed by atoms with Gasteiger partial charge in [-0.25, -0.2) is 4.98 Å². The standard InChI is InChI=1S/C18H21N3O2S/c1-18(2)10-14(13-6-4-5-7-15(13)23-18)21-17(24)20-12-8-9-16(22-3)19-11-12/h4-9,11,14H,10H2,1-3H3,(H2,20,21,24). The van der Waals surface area contributed by atoms with Crippen LogP contribution in [0.3, 0.4) is 0 Å². The molecule has 126 valence electrons. The molecule has 0 spiro atoms.